The van der Waals surface area contributed by atoms with Crippen molar-refractivity contribution in [1.82, 2.24) is 4.57 Å². The minimum Gasteiger partial charge on any atom is -0.339 e. The summed E-state index contributed by atoms with van der Waals surface area (Å²) >= 11 is 0. The fraction of sp³-hybridized carbons (Fsp3) is 0.333. The van der Waals surface area contributed by atoms with E-state index in [1.54, 1.807) is 0 Å². The third kappa shape index (κ3) is 1.18. The number of hydrogen-bond acceptors (Lipinski definition) is 0. The predicted octanol–water partition coefficient (Wildman–Crippen LogP) is 3.75. The minimum atomic E-state index is 0.192. The summed E-state index contributed by atoms with van der Waals surface area (Å²) < 4.78 is 2.47. The molecule has 0 fully saturated rings. The molecule has 0 radical (unpaired) electrons. The second-order valence-corrected chi connectivity index (χ2v) is 5.34. The van der Waals surface area contributed by atoms with Crippen molar-refractivity contribution in [3.8, 4) is 11.3 Å². The number of benzene rings is 1. The van der Waals surface area contributed by atoms with Gasteiger partial charge in [0, 0.05) is 22.5 Å². The van der Waals surface area contributed by atoms with Crippen molar-refractivity contribution in [2.45, 2.75) is 32.7 Å². The van der Waals surface area contributed by atoms with Crippen LogP contribution in [0.3, 0.4) is 0 Å². The summed E-state index contributed by atoms with van der Waals surface area (Å²) in [6.45, 7) is 6.83. The zero-order valence-corrected chi connectivity index (χ0v) is 10.1. The van der Waals surface area contributed by atoms with Crippen LogP contribution in [0.4, 0.5) is 0 Å². The molecular formula is C15H17N. The monoisotopic (exact) mass is 211 g/mol. The van der Waals surface area contributed by atoms with Gasteiger partial charge < -0.3 is 4.57 Å². The molecule has 0 saturated carbocycles. The molecule has 0 spiro atoms. The number of aryl methyl sites for hydroxylation is 1. The first-order valence-electron chi connectivity index (χ1n) is 5.87. The van der Waals surface area contributed by atoms with Crippen molar-refractivity contribution in [1.29, 1.82) is 0 Å². The molecule has 0 saturated heterocycles. The molecule has 0 unspecified atom stereocenters. The number of rotatable bonds is 0. The summed E-state index contributed by atoms with van der Waals surface area (Å²) in [5.74, 6) is 0. The molecule has 0 aliphatic carbocycles. The van der Waals surface area contributed by atoms with E-state index in [0.29, 0.717) is 0 Å². The van der Waals surface area contributed by atoms with Gasteiger partial charge in [0.25, 0.3) is 0 Å². The smallest absolute Gasteiger partial charge is 0.0490 e. The van der Waals surface area contributed by atoms with Crippen molar-refractivity contribution in [3.05, 3.63) is 47.7 Å². The molecule has 82 valence electrons. The molecule has 2 heterocycles. The SMILES string of the molecule is Cc1ccc2n1C(C)(C)Cc1ccccc1-2. The lowest BCUT2D eigenvalue weighted by molar-refractivity contribution is 0.343. The van der Waals surface area contributed by atoms with E-state index in [0.717, 1.165) is 6.42 Å². The molecule has 1 heteroatoms. The van der Waals surface area contributed by atoms with Crippen LogP contribution in [0.2, 0.25) is 0 Å². The molecule has 1 aliphatic heterocycles. The Morgan fingerprint density at radius 1 is 1.06 bits per heavy atom. The van der Waals surface area contributed by atoms with Crippen LogP contribution in [0.15, 0.2) is 36.4 Å². The minimum absolute atomic E-state index is 0.192. The Kier molecular flexibility index (Phi) is 1.82. The van der Waals surface area contributed by atoms with Crippen LogP contribution < -0.4 is 0 Å². The topological polar surface area (TPSA) is 4.93 Å². The van der Waals surface area contributed by atoms with Gasteiger partial charge in [-0.15, -0.1) is 0 Å². The van der Waals surface area contributed by atoms with Gasteiger partial charge in [-0.05, 0) is 44.9 Å². The Morgan fingerprint density at radius 3 is 2.62 bits per heavy atom. The molecule has 1 aliphatic rings. The number of aromatic nitrogens is 1. The van der Waals surface area contributed by atoms with Gasteiger partial charge in [-0.25, -0.2) is 0 Å². The number of hydrogen-bond donors (Lipinski definition) is 0. The van der Waals surface area contributed by atoms with Gasteiger partial charge in [0.05, 0.1) is 0 Å². The van der Waals surface area contributed by atoms with Crippen LogP contribution in [-0.2, 0) is 12.0 Å². The maximum absolute atomic E-state index is 2.47. The zero-order chi connectivity index (χ0) is 11.3. The van der Waals surface area contributed by atoms with Crippen molar-refractivity contribution < 1.29 is 0 Å². The fourth-order valence-electron chi connectivity index (χ4n) is 3.02. The van der Waals surface area contributed by atoms with Gasteiger partial charge in [0.15, 0.2) is 0 Å². The van der Waals surface area contributed by atoms with Crippen molar-refractivity contribution in [3.63, 3.8) is 0 Å². The largest absolute Gasteiger partial charge is 0.339 e. The molecule has 0 atom stereocenters. The van der Waals surface area contributed by atoms with Crippen LogP contribution in [0.5, 0.6) is 0 Å². The van der Waals surface area contributed by atoms with Crippen LogP contribution in [0.25, 0.3) is 11.3 Å². The van der Waals surface area contributed by atoms with Gasteiger partial charge in [0.2, 0.25) is 0 Å². The van der Waals surface area contributed by atoms with E-state index in [2.05, 4.69) is 61.7 Å². The van der Waals surface area contributed by atoms with E-state index in [-0.39, 0.29) is 5.54 Å². The molecular weight excluding hydrogens is 194 g/mol. The molecule has 1 aromatic carbocycles. The van der Waals surface area contributed by atoms with E-state index >= 15 is 0 Å². The average Bonchev–Trinajstić information content (AvgIpc) is 2.61. The molecule has 0 amide bonds. The summed E-state index contributed by atoms with van der Waals surface area (Å²) in [6.07, 6.45) is 1.12. The first-order valence-corrected chi connectivity index (χ1v) is 5.87. The van der Waals surface area contributed by atoms with E-state index < -0.39 is 0 Å². The molecule has 1 nitrogen and oxygen atoms in total. The molecule has 1 aromatic heterocycles. The second kappa shape index (κ2) is 3.00. The number of nitrogens with zero attached hydrogens (tertiary/aromatic N) is 1. The Balaban J connectivity index is 2.34. The molecule has 0 N–H and O–H groups in total. The molecule has 16 heavy (non-hydrogen) atoms. The summed E-state index contributed by atoms with van der Waals surface area (Å²) in [6, 6.07) is 13.2. The highest BCUT2D eigenvalue weighted by atomic mass is 15.1. The first kappa shape index (κ1) is 9.71. The van der Waals surface area contributed by atoms with E-state index in [9.17, 15) is 0 Å². The Bertz CT molecular complexity index is 546. The predicted molar refractivity (Wildman–Crippen MR) is 67.6 cm³/mol. The Hall–Kier alpha value is -1.50. The standard InChI is InChI=1S/C15H17N/c1-11-8-9-14-13-7-5-4-6-12(13)10-15(2,3)16(11)14/h4-9H,10H2,1-3H3. The maximum atomic E-state index is 2.47. The maximum Gasteiger partial charge on any atom is 0.0490 e. The molecule has 2 aromatic rings. The normalized spacial score (nSPS) is 16.7. The number of fused-ring (bicyclic) bond motifs is 3. The quantitative estimate of drug-likeness (QED) is 0.625. The highest BCUT2D eigenvalue weighted by Crippen LogP contribution is 2.39. The summed E-state index contributed by atoms with van der Waals surface area (Å²) in [4.78, 5) is 0. The molecule has 0 bridgehead atoms. The third-order valence-corrected chi connectivity index (χ3v) is 3.60. The summed E-state index contributed by atoms with van der Waals surface area (Å²) in [5, 5.41) is 0. The second-order valence-electron chi connectivity index (χ2n) is 5.34. The fourth-order valence-corrected chi connectivity index (χ4v) is 3.02. The van der Waals surface area contributed by atoms with Crippen LogP contribution in [0, 0.1) is 6.92 Å². The highest BCUT2D eigenvalue weighted by Gasteiger charge is 2.30. The van der Waals surface area contributed by atoms with Crippen LogP contribution in [0.1, 0.15) is 25.1 Å². The Morgan fingerprint density at radius 2 is 1.81 bits per heavy atom. The van der Waals surface area contributed by atoms with Crippen molar-refractivity contribution in [2.75, 3.05) is 0 Å². The van der Waals surface area contributed by atoms with Gasteiger partial charge in [-0.3, -0.25) is 0 Å². The highest BCUT2D eigenvalue weighted by molar-refractivity contribution is 5.67. The lowest BCUT2D eigenvalue weighted by Crippen LogP contribution is -2.33. The lowest BCUT2D eigenvalue weighted by atomic mass is 9.86. The van der Waals surface area contributed by atoms with E-state index in [1.807, 2.05) is 0 Å². The zero-order valence-electron chi connectivity index (χ0n) is 10.1. The summed E-state index contributed by atoms with van der Waals surface area (Å²) in [7, 11) is 0. The van der Waals surface area contributed by atoms with Crippen molar-refractivity contribution >= 4 is 0 Å². The van der Waals surface area contributed by atoms with Crippen LogP contribution >= 0.6 is 0 Å². The van der Waals surface area contributed by atoms with Gasteiger partial charge in [-0.2, -0.15) is 0 Å². The first-order chi connectivity index (χ1) is 7.59. The Labute approximate surface area is 96.7 Å². The van der Waals surface area contributed by atoms with E-state index in [4.69, 9.17) is 0 Å². The lowest BCUT2D eigenvalue weighted by Gasteiger charge is -2.36. The van der Waals surface area contributed by atoms with Gasteiger partial charge >= 0.3 is 0 Å². The van der Waals surface area contributed by atoms with Crippen LogP contribution in [-0.4, -0.2) is 4.57 Å². The van der Waals surface area contributed by atoms with Crippen molar-refractivity contribution in [2.24, 2.45) is 0 Å². The average molecular weight is 211 g/mol. The third-order valence-electron chi connectivity index (χ3n) is 3.60. The van der Waals surface area contributed by atoms with Gasteiger partial charge in [-0.1, -0.05) is 24.3 Å². The van der Waals surface area contributed by atoms with E-state index in [1.165, 1.54) is 22.5 Å². The molecule has 3 rings (SSSR count). The van der Waals surface area contributed by atoms with Gasteiger partial charge in [0.1, 0.15) is 0 Å². The summed E-state index contributed by atoms with van der Waals surface area (Å²) in [5.41, 5.74) is 5.78.